The number of aromatic amines is 1. The lowest BCUT2D eigenvalue weighted by atomic mass is 9.92. The normalized spacial score (nSPS) is 14.1. The Labute approximate surface area is 180 Å². The molecule has 2 aromatic heterocycles. The topological polar surface area (TPSA) is 71.4 Å². The number of hydrogen-bond acceptors (Lipinski definition) is 4. The highest BCUT2D eigenvalue weighted by Crippen LogP contribution is 2.38. The van der Waals surface area contributed by atoms with Gasteiger partial charge in [-0.25, -0.2) is 0 Å². The molecule has 2 aromatic carbocycles. The average molecular weight is 441 g/mol. The fraction of sp³-hybridized carbons (Fsp3) is 0.217. The van der Waals surface area contributed by atoms with E-state index in [0.717, 1.165) is 32.5 Å². The smallest absolute Gasteiger partial charge is 0.406 e. The van der Waals surface area contributed by atoms with Crippen LogP contribution < -0.4 is 4.74 Å². The number of nitrogens with one attached hydrogen (secondary N) is 1. The van der Waals surface area contributed by atoms with Crippen LogP contribution in [0, 0.1) is 0 Å². The number of nitrogens with zero attached hydrogens (tertiary/aromatic N) is 2. The molecule has 0 fully saturated rings. The van der Waals surface area contributed by atoms with Crippen LogP contribution in [0.3, 0.4) is 0 Å². The van der Waals surface area contributed by atoms with Crippen LogP contribution in [0.15, 0.2) is 53.4 Å². The van der Waals surface area contributed by atoms with E-state index < -0.39 is 18.6 Å². The molecule has 1 aliphatic heterocycles. The zero-order valence-corrected chi connectivity index (χ0v) is 17.0. The number of amides is 1. The van der Waals surface area contributed by atoms with Gasteiger partial charge >= 0.3 is 6.18 Å². The molecule has 0 unspecified atom stereocenters. The second-order valence-electron chi connectivity index (χ2n) is 7.65. The number of halogens is 3. The second-order valence-corrected chi connectivity index (χ2v) is 7.65. The second kappa shape index (κ2) is 7.44. The minimum absolute atomic E-state index is 0.00184. The molecule has 164 valence electrons. The van der Waals surface area contributed by atoms with E-state index in [0.29, 0.717) is 17.6 Å². The molecule has 3 heterocycles. The predicted molar refractivity (Wildman–Crippen MR) is 111 cm³/mol. The number of benzene rings is 2. The minimum atomic E-state index is -4.45. The molecule has 9 heteroatoms. The van der Waals surface area contributed by atoms with Crippen molar-refractivity contribution in [2.75, 3.05) is 20.2 Å². The van der Waals surface area contributed by atoms with Crippen molar-refractivity contribution >= 4 is 16.9 Å². The third-order valence-corrected chi connectivity index (χ3v) is 5.64. The standard InChI is InChI=1S/C23H18F3N3O3/c1-31-20-8-15(6-14-4-5-29(12-23(24,25)26)22(30)21(14)20)18-11-32-19-7-13(2-3-17(18)19)16-9-27-28-10-16/h2-3,6-11H,4-5,12H2,1H3,(H,27,28). The van der Waals surface area contributed by atoms with Gasteiger partial charge in [0.25, 0.3) is 5.91 Å². The lowest BCUT2D eigenvalue weighted by Crippen LogP contribution is -2.43. The van der Waals surface area contributed by atoms with Crippen molar-refractivity contribution in [3.63, 3.8) is 0 Å². The summed E-state index contributed by atoms with van der Waals surface area (Å²) in [5.74, 6) is -0.424. The maximum atomic E-state index is 12.8. The summed E-state index contributed by atoms with van der Waals surface area (Å²) in [6, 6.07) is 9.31. The van der Waals surface area contributed by atoms with Gasteiger partial charge in [0.05, 0.1) is 25.1 Å². The fourth-order valence-corrected chi connectivity index (χ4v) is 4.15. The number of fused-ring (bicyclic) bond motifs is 2. The van der Waals surface area contributed by atoms with Gasteiger partial charge in [-0.3, -0.25) is 9.89 Å². The number of alkyl halides is 3. The molecule has 0 spiro atoms. The van der Waals surface area contributed by atoms with Crippen LogP contribution in [-0.4, -0.2) is 47.4 Å². The van der Waals surface area contributed by atoms with Crippen molar-refractivity contribution in [1.82, 2.24) is 15.1 Å². The first kappa shape index (κ1) is 20.2. The number of carbonyl (C=O) groups is 1. The highest BCUT2D eigenvalue weighted by molar-refractivity contribution is 6.02. The van der Waals surface area contributed by atoms with Gasteiger partial charge in [-0.1, -0.05) is 6.07 Å². The maximum absolute atomic E-state index is 12.8. The number of carbonyl (C=O) groups excluding carboxylic acids is 1. The number of hydrogen-bond donors (Lipinski definition) is 1. The van der Waals surface area contributed by atoms with Gasteiger partial charge in [-0.15, -0.1) is 0 Å². The van der Waals surface area contributed by atoms with E-state index >= 15 is 0 Å². The third-order valence-electron chi connectivity index (χ3n) is 5.64. The number of methoxy groups -OCH3 is 1. The molecule has 6 nitrogen and oxygen atoms in total. The van der Waals surface area contributed by atoms with Crippen LogP contribution in [0.5, 0.6) is 5.75 Å². The van der Waals surface area contributed by atoms with E-state index in [1.54, 1.807) is 24.7 Å². The van der Waals surface area contributed by atoms with Gasteiger partial charge in [0.15, 0.2) is 0 Å². The highest BCUT2D eigenvalue weighted by atomic mass is 19.4. The summed E-state index contributed by atoms with van der Waals surface area (Å²) >= 11 is 0. The summed E-state index contributed by atoms with van der Waals surface area (Å²) < 4.78 is 49.7. The Bertz CT molecular complexity index is 1290. The number of aromatic nitrogens is 2. The monoisotopic (exact) mass is 441 g/mol. The number of ether oxygens (including phenoxy) is 1. The molecule has 0 bridgehead atoms. The first-order valence-corrected chi connectivity index (χ1v) is 9.92. The Balaban J connectivity index is 1.55. The molecule has 1 aliphatic rings. The fourth-order valence-electron chi connectivity index (χ4n) is 4.15. The number of H-pyrrole nitrogens is 1. The molecule has 0 aliphatic carbocycles. The molecule has 0 atom stereocenters. The zero-order valence-electron chi connectivity index (χ0n) is 17.0. The summed E-state index contributed by atoms with van der Waals surface area (Å²) in [6.07, 6.45) is 0.996. The molecule has 0 saturated carbocycles. The van der Waals surface area contributed by atoms with Crippen molar-refractivity contribution in [2.45, 2.75) is 12.6 Å². The van der Waals surface area contributed by atoms with Gasteiger partial charge in [-0.2, -0.15) is 18.3 Å². The van der Waals surface area contributed by atoms with Gasteiger partial charge in [-0.05, 0) is 47.4 Å². The van der Waals surface area contributed by atoms with E-state index in [2.05, 4.69) is 10.2 Å². The van der Waals surface area contributed by atoms with Crippen LogP contribution in [-0.2, 0) is 6.42 Å². The van der Waals surface area contributed by atoms with Crippen molar-refractivity contribution in [2.24, 2.45) is 0 Å². The van der Waals surface area contributed by atoms with Crippen LogP contribution in [0.1, 0.15) is 15.9 Å². The summed E-state index contributed by atoms with van der Waals surface area (Å²) in [5, 5.41) is 7.61. The zero-order chi connectivity index (χ0) is 22.5. The summed E-state index contributed by atoms with van der Waals surface area (Å²) in [4.78, 5) is 13.6. The van der Waals surface area contributed by atoms with E-state index in [4.69, 9.17) is 9.15 Å². The van der Waals surface area contributed by atoms with E-state index in [1.165, 1.54) is 7.11 Å². The van der Waals surface area contributed by atoms with Gasteiger partial charge in [0.2, 0.25) is 0 Å². The molecule has 1 amide bonds. The summed E-state index contributed by atoms with van der Waals surface area (Å²) in [7, 11) is 1.40. The molecule has 0 saturated heterocycles. The van der Waals surface area contributed by atoms with Crippen molar-refractivity contribution in [1.29, 1.82) is 0 Å². The quantitative estimate of drug-likeness (QED) is 0.481. The molecule has 0 radical (unpaired) electrons. The van der Waals surface area contributed by atoms with Gasteiger partial charge in [0, 0.05) is 29.3 Å². The van der Waals surface area contributed by atoms with E-state index in [-0.39, 0.29) is 17.9 Å². The van der Waals surface area contributed by atoms with Gasteiger partial charge < -0.3 is 14.1 Å². The SMILES string of the molecule is COc1cc(-c2coc3cc(-c4cn[nH]c4)ccc23)cc2c1C(=O)N(CC(F)(F)F)CC2. The van der Waals surface area contributed by atoms with Crippen molar-refractivity contribution < 1.29 is 27.1 Å². The Morgan fingerprint density at radius 2 is 2.03 bits per heavy atom. The van der Waals surface area contributed by atoms with Gasteiger partial charge in [0.1, 0.15) is 17.9 Å². The van der Waals surface area contributed by atoms with Crippen molar-refractivity contribution in [3.05, 3.63) is 60.1 Å². The Morgan fingerprint density at radius 3 is 2.75 bits per heavy atom. The highest BCUT2D eigenvalue weighted by Gasteiger charge is 2.37. The molecule has 32 heavy (non-hydrogen) atoms. The van der Waals surface area contributed by atoms with Crippen molar-refractivity contribution in [3.8, 4) is 28.0 Å². The van der Waals surface area contributed by atoms with Crippen LogP contribution >= 0.6 is 0 Å². The van der Waals surface area contributed by atoms with Crippen LogP contribution in [0.2, 0.25) is 0 Å². The Hall–Kier alpha value is -3.75. The molecule has 4 aromatic rings. The molecular weight excluding hydrogens is 423 g/mol. The van der Waals surface area contributed by atoms with E-state index in [9.17, 15) is 18.0 Å². The third kappa shape index (κ3) is 3.49. The largest absolute Gasteiger partial charge is 0.496 e. The lowest BCUT2D eigenvalue weighted by Gasteiger charge is -2.30. The maximum Gasteiger partial charge on any atom is 0.406 e. The molecule has 5 rings (SSSR count). The lowest BCUT2D eigenvalue weighted by molar-refractivity contribution is -0.141. The first-order chi connectivity index (χ1) is 15.3. The average Bonchev–Trinajstić information content (AvgIpc) is 3.43. The molecular formula is C23H18F3N3O3. The Morgan fingerprint density at radius 1 is 1.19 bits per heavy atom. The van der Waals surface area contributed by atoms with Crippen LogP contribution in [0.25, 0.3) is 33.2 Å². The number of rotatable bonds is 4. The minimum Gasteiger partial charge on any atom is -0.496 e. The summed E-state index contributed by atoms with van der Waals surface area (Å²) in [5.41, 5.74) is 4.99. The van der Waals surface area contributed by atoms with E-state index in [1.807, 2.05) is 24.3 Å². The molecule has 1 N–H and O–H groups in total. The summed E-state index contributed by atoms with van der Waals surface area (Å²) in [6.45, 7) is -1.28. The van der Waals surface area contributed by atoms with Crippen LogP contribution in [0.4, 0.5) is 13.2 Å². The number of furan rings is 1. The first-order valence-electron chi connectivity index (χ1n) is 9.92. The predicted octanol–water partition coefficient (Wildman–Crippen LogP) is 5.06. The Kier molecular flexibility index (Phi) is 4.69.